The Hall–Kier alpha value is -0.610. The number of nitrogens with zero attached hydrogens (tertiary/aromatic N) is 2. The smallest absolute Gasteiger partial charge is 0.236 e. The highest BCUT2D eigenvalue weighted by Crippen LogP contribution is 2.07. The van der Waals surface area contributed by atoms with Crippen LogP contribution >= 0.6 is 0 Å². The van der Waals surface area contributed by atoms with Gasteiger partial charge in [0.2, 0.25) is 5.91 Å². The van der Waals surface area contributed by atoms with Crippen LogP contribution in [0, 0.1) is 0 Å². The van der Waals surface area contributed by atoms with Crippen LogP contribution < -0.4 is 5.32 Å². The summed E-state index contributed by atoms with van der Waals surface area (Å²) in [4.78, 5) is 15.6. The van der Waals surface area contributed by atoms with E-state index in [-0.39, 0.29) is 5.91 Å². The van der Waals surface area contributed by atoms with Gasteiger partial charge in [0.1, 0.15) is 0 Å². The monoisotopic (exact) mass is 213 g/mol. The van der Waals surface area contributed by atoms with E-state index in [1.165, 1.54) is 19.4 Å². The normalized spacial score (nSPS) is 22.7. The van der Waals surface area contributed by atoms with Gasteiger partial charge in [-0.2, -0.15) is 0 Å². The molecule has 1 amide bonds. The number of hydrogen-bond donors (Lipinski definition) is 1. The Kier molecular flexibility index (Phi) is 5.05. The Morgan fingerprint density at radius 1 is 1.60 bits per heavy atom. The molecule has 1 aliphatic rings. The Balaban J connectivity index is 2.21. The van der Waals surface area contributed by atoms with E-state index in [2.05, 4.69) is 17.3 Å². The number of nitrogens with one attached hydrogen (secondary N) is 1. The maximum atomic E-state index is 11.5. The number of hydrogen-bond acceptors (Lipinski definition) is 3. The van der Waals surface area contributed by atoms with Crippen molar-refractivity contribution in [2.45, 2.75) is 25.8 Å². The molecule has 15 heavy (non-hydrogen) atoms. The van der Waals surface area contributed by atoms with Crippen LogP contribution in [0.5, 0.6) is 0 Å². The predicted molar refractivity (Wildman–Crippen MR) is 61.8 cm³/mol. The van der Waals surface area contributed by atoms with Crippen LogP contribution in [0.1, 0.15) is 19.8 Å². The first kappa shape index (κ1) is 12.5. The molecule has 0 aromatic heterocycles. The van der Waals surface area contributed by atoms with Gasteiger partial charge in [-0.1, -0.05) is 0 Å². The number of piperidine rings is 1. The Morgan fingerprint density at radius 2 is 2.33 bits per heavy atom. The highest BCUT2D eigenvalue weighted by Gasteiger charge is 2.17. The van der Waals surface area contributed by atoms with Crippen LogP contribution in [-0.4, -0.2) is 62.0 Å². The largest absolute Gasteiger partial charge is 0.345 e. The van der Waals surface area contributed by atoms with Crippen LogP contribution in [0.4, 0.5) is 0 Å². The summed E-state index contributed by atoms with van der Waals surface area (Å²) in [5, 5.41) is 3.33. The molecule has 0 radical (unpaired) electrons. The van der Waals surface area contributed by atoms with Crippen molar-refractivity contribution in [1.29, 1.82) is 0 Å². The Bertz CT molecular complexity index is 208. The summed E-state index contributed by atoms with van der Waals surface area (Å²) in [6.45, 7) is 5.49. The molecule has 0 saturated carbocycles. The summed E-state index contributed by atoms with van der Waals surface area (Å²) in [5.74, 6) is 0.186. The van der Waals surface area contributed by atoms with Gasteiger partial charge in [0, 0.05) is 26.2 Å². The van der Waals surface area contributed by atoms with Crippen LogP contribution in [-0.2, 0) is 4.79 Å². The summed E-state index contributed by atoms with van der Waals surface area (Å²) in [7, 11) is 3.98. The van der Waals surface area contributed by atoms with Crippen molar-refractivity contribution in [2.24, 2.45) is 0 Å². The fraction of sp³-hybridized carbons (Fsp3) is 0.909. The molecule has 4 nitrogen and oxygen atoms in total. The molecular weight excluding hydrogens is 190 g/mol. The number of likely N-dealkylation sites (tertiary alicyclic amines) is 1. The first-order chi connectivity index (χ1) is 7.13. The maximum Gasteiger partial charge on any atom is 0.236 e. The predicted octanol–water partition coefficient (Wildman–Crippen LogP) is 0.149. The zero-order chi connectivity index (χ0) is 11.3. The number of carbonyl (C=O) groups is 1. The Labute approximate surface area is 92.6 Å². The van der Waals surface area contributed by atoms with Crippen molar-refractivity contribution >= 4 is 5.91 Å². The third kappa shape index (κ3) is 4.18. The van der Waals surface area contributed by atoms with E-state index in [0.29, 0.717) is 12.6 Å². The fourth-order valence-corrected chi connectivity index (χ4v) is 1.88. The quantitative estimate of drug-likeness (QED) is 0.722. The van der Waals surface area contributed by atoms with Gasteiger partial charge in [-0.05, 0) is 33.4 Å². The summed E-state index contributed by atoms with van der Waals surface area (Å²) < 4.78 is 0. The molecule has 1 N–H and O–H groups in total. The van der Waals surface area contributed by atoms with E-state index in [1.807, 2.05) is 14.0 Å². The zero-order valence-corrected chi connectivity index (χ0v) is 10.1. The van der Waals surface area contributed by atoms with Gasteiger partial charge >= 0.3 is 0 Å². The summed E-state index contributed by atoms with van der Waals surface area (Å²) in [6.07, 6.45) is 2.42. The van der Waals surface area contributed by atoms with E-state index in [9.17, 15) is 4.79 Å². The molecule has 1 rings (SSSR count). The standard InChI is InChI=1S/C11H23N3O/c1-4-14(3)11(15)8-12-10-6-5-7-13(2)9-10/h10,12H,4-9H2,1-3H3. The van der Waals surface area contributed by atoms with E-state index in [4.69, 9.17) is 0 Å². The van der Waals surface area contributed by atoms with Gasteiger partial charge in [0.15, 0.2) is 0 Å². The van der Waals surface area contributed by atoms with Gasteiger partial charge in [0.05, 0.1) is 6.54 Å². The minimum absolute atomic E-state index is 0.186. The maximum absolute atomic E-state index is 11.5. The van der Waals surface area contributed by atoms with Crippen molar-refractivity contribution in [1.82, 2.24) is 15.1 Å². The fourth-order valence-electron chi connectivity index (χ4n) is 1.88. The van der Waals surface area contributed by atoms with Crippen LogP contribution in [0.15, 0.2) is 0 Å². The molecule has 1 unspecified atom stereocenters. The lowest BCUT2D eigenvalue weighted by molar-refractivity contribution is -0.128. The van der Waals surface area contributed by atoms with E-state index in [0.717, 1.165) is 13.1 Å². The lowest BCUT2D eigenvalue weighted by atomic mass is 10.1. The number of likely N-dealkylation sites (N-methyl/N-ethyl adjacent to an activating group) is 2. The molecule has 0 aromatic rings. The first-order valence-electron chi connectivity index (χ1n) is 5.79. The molecule has 1 saturated heterocycles. The molecular formula is C11H23N3O. The lowest BCUT2D eigenvalue weighted by Crippen LogP contribution is -2.47. The molecule has 88 valence electrons. The Morgan fingerprint density at radius 3 is 2.93 bits per heavy atom. The summed E-state index contributed by atoms with van der Waals surface area (Å²) in [6, 6.07) is 0.484. The van der Waals surface area contributed by atoms with Gasteiger partial charge in [-0.25, -0.2) is 0 Å². The van der Waals surface area contributed by atoms with E-state index >= 15 is 0 Å². The average Bonchev–Trinajstić information content (AvgIpc) is 2.25. The molecule has 0 spiro atoms. The number of carbonyl (C=O) groups excluding carboxylic acids is 1. The molecule has 0 bridgehead atoms. The van der Waals surface area contributed by atoms with Crippen LogP contribution in [0.3, 0.4) is 0 Å². The molecule has 1 heterocycles. The second-order valence-electron chi connectivity index (χ2n) is 4.39. The summed E-state index contributed by atoms with van der Waals surface area (Å²) >= 11 is 0. The van der Waals surface area contributed by atoms with E-state index < -0.39 is 0 Å². The van der Waals surface area contributed by atoms with Crippen molar-refractivity contribution in [3.8, 4) is 0 Å². The average molecular weight is 213 g/mol. The van der Waals surface area contributed by atoms with Gasteiger partial charge in [-0.3, -0.25) is 4.79 Å². The van der Waals surface area contributed by atoms with Crippen molar-refractivity contribution < 1.29 is 4.79 Å². The molecule has 0 aromatic carbocycles. The van der Waals surface area contributed by atoms with Crippen molar-refractivity contribution in [3.05, 3.63) is 0 Å². The highest BCUT2D eigenvalue weighted by atomic mass is 16.2. The first-order valence-corrected chi connectivity index (χ1v) is 5.79. The van der Waals surface area contributed by atoms with Crippen molar-refractivity contribution in [3.63, 3.8) is 0 Å². The van der Waals surface area contributed by atoms with Gasteiger partial charge in [0.25, 0.3) is 0 Å². The molecule has 4 heteroatoms. The van der Waals surface area contributed by atoms with Crippen LogP contribution in [0.25, 0.3) is 0 Å². The lowest BCUT2D eigenvalue weighted by Gasteiger charge is -2.30. The third-order valence-electron chi connectivity index (χ3n) is 3.07. The van der Waals surface area contributed by atoms with Gasteiger partial charge < -0.3 is 15.1 Å². The van der Waals surface area contributed by atoms with Crippen LogP contribution in [0.2, 0.25) is 0 Å². The second kappa shape index (κ2) is 6.08. The highest BCUT2D eigenvalue weighted by molar-refractivity contribution is 5.77. The third-order valence-corrected chi connectivity index (χ3v) is 3.07. The van der Waals surface area contributed by atoms with Crippen molar-refractivity contribution in [2.75, 3.05) is 40.3 Å². The number of rotatable bonds is 4. The van der Waals surface area contributed by atoms with E-state index in [1.54, 1.807) is 4.90 Å². The minimum atomic E-state index is 0.186. The molecule has 1 fully saturated rings. The van der Waals surface area contributed by atoms with Gasteiger partial charge in [-0.15, -0.1) is 0 Å². The minimum Gasteiger partial charge on any atom is -0.345 e. The SMILES string of the molecule is CCN(C)C(=O)CNC1CCCN(C)C1. The number of amides is 1. The molecule has 0 aliphatic carbocycles. The molecule has 1 atom stereocenters. The second-order valence-corrected chi connectivity index (χ2v) is 4.39. The zero-order valence-electron chi connectivity index (χ0n) is 10.1. The topological polar surface area (TPSA) is 35.6 Å². The summed E-state index contributed by atoms with van der Waals surface area (Å²) in [5.41, 5.74) is 0. The molecule has 1 aliphatic heterocycles.